The molecule has 2 aliphatic heterocycles. The van der Waals surface area contributed by atoms with E-state index in [9.17, 15) is 5.26 Å². The molecule has 132 valence electrons. The molecule has 2 N–H and O–H groups in total. The second-order valence-corrected chi connectivity index (χ2v) is 6.59. The van der Waals surface area contributed by atoms with Crippen molar-refractivity contribution in [2.45, 2.75) is 13.3 Å². The van der Waals surface area contributed by atoms with Crippen molar-refractivity contribution >= 4 is 22.8 Å². The van der Waals surface area contributed by atoms with Gasteiger partial charge in [-0.1, -0.05) is 12.1 Å². The van der Waals surface area contributed by atoms with Crippen LogP contribution >= 0.6 is 0 Å². The Morgan fingerprint density at radius 1 is 1.26 bits per heavy atom. The standard InChI is InChI=1S/C21H18N6/c1-13-7-17-16(11-25-13)9-18(19-5-6-24-12-26-19)20(27-21(17)23)15-4-2-3-14(8-15)10-22/h2-8,12,16H,9,11H2,1H3,(H2,23,27). The number of hydrogen-bond donors (Lipinski definition) is 1. The van der Waals surface area contributed by atoms with Crippen molar-refractivity contribution < 1.29 is 0 Å². The Bertz CT molecular complexity index is 1050. The molecule has 2 aliphatic rings. The minimum absolute atomic E-state index is 0.152. The second kappa shape index (κ2) is 6.96. The lowest BCUT2D eigenvalue weighted by molar-refractivity contribution is 0.659. The van der Waals surface area contributed by atoms with Crippen LogP contribution in [0.2, 0.25) is 0 Å². The highest BCUT2D eigenvalue weighted by Crippen LogP contribution is 2.38. The van der Waals surface area contributed by atoms with Gasteiger partial charge in [0, 0.05) is 41.1 Å². The van der Waals surface area contributed by atoms with Crippen molar-refractivity contribution in [3.05, 3.63) is 71.3 Å². The molecule has 6 heteroatoms. The molecule has 1 unspecified atom stereocenters. The molecule has 0 spiro atoms. The van der Waals surface area contributed by atoms with E-state index in [1.165, 1.54) is 6.33 Å². The van der Waals surface area contributed by atoms with E-state index in [0.29, 0.717) is 17.9 Å². The maximum Gasteiger partial charge on any atom is 0.127 e. The van der Waals surface area contributed by atoms with E-state index >= 15 is 0 Å². The predicted molar refractivity (Wildman–Crippen MR) is 106 cm³/mol. The molecule has 1 aromatic carbocycles. The average Bonchev–Trinajstić information content (AvgIpc) is 2.85. The number of aliphatic imine (C=N–C) groups is 2. The smallest absolute Gasteiger partial charge is 0.127 e. The molecule has 0 bridgehead atoms. The first-order valence-corrected chi connectivity index (χ1v) is 8.73. The molecule has 0 amide bonds. The molecule has 0 saturated carbocycles. The molecule has 1 atom stereocenters. The van der Waals surface area contributed by atoms with Crippen LogP contribution in [0.4, 0.5) is 0 Å². The van der Waals surface area contributed by atoms with E-state index < -0.39 is 0 Å². The van der Waals surface area contributed by atoms with Crippen LogP contribution in [0.25, 0.3) is 11.3 Å². The van der Waals surface area contributed by atoms with Crippen molar-refractivity contribution in [1.29, 1.82) is 5.26 Å². The first-order chi connectivity index (χ1) is 13.2. The Morgan fingerprint density at radius 2 is 2.15 bits per heavy atom. The Labute approximate surface area is 157 Å². The highest BCUT2D eigenvalue weighted by atomic mass is 14.9. The van der Waals surface area contributed by atoms with E-state index in [-0.39, 0.29) is 5.92 Å². The van der Waals surface area contributed by atoms with Crippen LogP contribution in [0.1, 0.15) is 30.2 Å². The molecule has 0 saturated heterocycles. The van der Waals surface area contributed by atoms with Crippen molar-refractivity contribution in [1.82, 2.24) is 9.97 Å². The summed E-state index contributed by atoms with van der Waals surface area (Å²) in [5.74, 6) is 0.648. The number of hydrogen-bond acceptors (Lipinski definition) is 6. The Hall–Kier alpha value is -3.59. The van der Waals surface area contributed by atoms with Crippen LogP contribution in [0, 0.1) is 17.2 Å². The van der Waals surface area contributed by atoms with Gasteiger partial charge in [-0.05, 0) is 37.6 Å². The van der Waals surface area contributed by atoms with Gasteiger partial charge in [0.25, 0.3) is 0 Å². The number of rotatable bonds is 2. The average molecular weight is 354 g/mol. The van der Waals surface area contributed by atoms with Gasteiger partial charge in [0.05, 0.1) is 23.0 Å². The number of nitriles is 1. The summed E-state index contributed by atoms with van der Waals surface area (Å²) >= 11 is 0. The Balaban J connectivity index is 1.94. The lowest BCUT2D eigenvalue weighted by Crippen LogP contribution is -2.25. The third-order valence-corrected chi connectivity index (χ3v) is 4.79. The third-order valence-electron chi connectivity index (χ3n) is 4.79. The minimum Gasteiger partial charge on any atom is -0.383 e. The Morgan fingerprint density at radius 3 is 2.93 bits per heavy atom. The maximum absolute atomic E-state index is 9.28. The normalized spacial score (nSPS) is 19.3. The van der Waals surface area contributed by atoms with Gasteiger partial charge in [-0.15, -0.1) is 0 Å². The van der Waals surface area contributed by atoms with Gasteiger partial charge in [0.2, 0.25) is 0 Å². The number of nitrogens with two attached hydrogens (primary N) is 1. The number of dihydropyridines is 1. The fourth-order valence-electron chi connectivity index (χ4n) is 3.46. The van der Waals surface area contributed by atoms with Gasteiger partial charge in [0.1, 0.15) is 12.2 Å². The third kappa shape index (κ3) is 3.27. The van der Waals surface area contributed by atoms with E-state index in [0.717, 1.165) is 40.2 Å². The molecule has 1 aromatic heterocycles. The number of allylic oxidation sites excluding steroid dienone is 2. The molecule has 27 heavy (non-hydrogen) atoms. The van der Waals surface area contributed by atoms with E-state index in [4.69, 9.17) is 10.7 Å². The molecule has 0 aliphatic carbocycles. The molecular formula is C21H18N6. The quantitative estimate of drug-likeness (QED) is 0.896. The van der Waals surface area contributed by atoms with E-state index in [2.05, 4.69) is 21.0 Å². The van der Waals surface area contributed by atoms with Gasteiger partial charge >= 0.3 is 0 Å². The zero-order valence-electron chi connectivity index (χ0n) is 14.9. The largest absolute Gasteiger partial charge is 0.383 e. The molecule has 2 aromatic rings. The first kappa shape index (κ1) is 16.9. The number of nitrogens with zero attached hydrogens (tertiary/aromatic N) is 5. The van der Waals surface area contributed by atoms with Crippen LogP contribution < -0.4 is 5.73 Å². The summed E-state index contributed by atoms with van der Waals surface area (Å²) in [6.07, 6.45) is 5.98. The fraction of sp³-hybridized carbons (Fsp3) is 0.190. The lowest BCUT2D eigenvalue weighted by atomic mass is 9.87. The molecule has 0 fully saturated rings. The van der Waals surface area contributed by atoms with Gasteiger partial charge in [-0.2, -0.15) is 5.26 Å². The van der Waals surface area contributed by atoms with Gasteiger partial charge in [-0.3, -0.25) is 4.99 Å². The highest BCUT2D eigenvalue weighted by molar-refractivity contribution is 6.10. The van der Waals surface area contributed by atoms with Crippen molar-refractivity contribution in [2.75, 3.05) is 6.54 Å². The second-order valence-electron chi connectivity index (χ2n) is 6.59. The summed E-state index contributed by atoms with van der Waals surface area (Å²) in [5.41, 5.74) is 12.3. The first-order valence-electron chi connectivity index (χ1n) is 8.73. The maximum atomic E-state index is 9.28. The minimum atomic E-state index is 0.152. The summed E-state index contributed by atoms with van der Waals surface area (Å²) in [6, 6.07) is 11.5. The summed E-state index contributed by atoms with van der Waals surface area (Å²) < 4.78 is 0. The fourth-order valence-corrected chi connectivity index (χ4v) is 3.46. The highest BCUT2D eigenvalue weighted by Gasteiger charge is 2.28. The van der Waals surface area contributed by atoms with E-state index in [1.54, 1.807) is 12.3 Å². The molecule has 6 nitrogen and oxygen atoms in total. The number of amidine groups is 1. The zero-order valence-corrected chi connectivity index (χ0v) is 14.9. The number of fused-ring (bicyclic) bond motifs is 1. The van der Waals surface area contributed by atoms with Gasteiger partial charge in [-0.25, -0.2) is 15.0 Å². The van der Waals surface area contributed by atoms with Crippen LogP contribution in [0.15, 0.2) is 64.5 Å². The van der Waals surface area contributed by atoms with Crippen LogP contribution in [0.5, 0.6) is 0 Å². The molecule has 0 radical (unpaired) electrons. The van der Waals surface area contributed by atoms with Crippen molar-refractivity contribution in [3.8, 4) is 6.07 Å². The number of benzene rings is 1. The monoisotopic (exact) mass is 354 g/mol. The SMILES string of the molecule is CC1=NCC2CC(c3ccncn3)=C(c3cccc(C#N)c3)N=C(N)C2=C1. The van der Waals surface area contributed by atoms with Gasteiger partial charge < -0.3 is 5.73 Å². The number of aromatic nitrogens is 2. The van der Waals surface area contributed by atoms with Crippen molar-refractivity contribution in [2.24, 2.45) is 21.6 Å². The molecule has 3 heterocycles. The summed E-state index contributed by atoms with van der Waals surface area (Å²) in [7, 11) is 0. The topological polar surface area (TPSA) is 100 Å². The van der Waals surface area contributed by atoms with Crippen LogP contribution in [0.3, 0.4) is 0 Å². The van der Waals surface area contributed by atoms with Crippen LogP contribution in [-0.2, 0) is 0 Å². The van der Waals surface area contributed by atoms with Crippen molar-refractivity contribution in [3.63, 3.8) is 0 Å². The summed E-state index contributed by atoms with van der Waals surface area (Å²) in [4.78, 5) is 17.8. The summed E-state index contributed by atoms with van der Waals surface area (Å²) in [6.45, 7) is 2.64. The molecular weight excluding hydrogens is 336 g/mol. The van der Waals surface area contributed by atoms with E-state index in [1.807, 2.05) is 37.3 Å². The van der Waals surface area contributed by atoms with Crippen LogP contribution in [-0.4, -0.2) is 28.1 Å². The predicted octanol–water partition coefficient (Wildman–Crippen LogP) is 2.99. The lowest BCUT2D eigenvalue weighted by Gasteiger charge is -2.21. The summed E-state index contributed by atoms with van der Waals surface area (Å²) in [5, 5.41) is 9.28. The van der Waals surface area contributed by atoms with Gasteiger partial charge in [0.15, 0.2) is 0 Å². The molecule has 4 rings (SSSR count). The Kier molecular flexibility index (Phi) is 4.35. The zero-order chi connectivity index (χ0) is 18.8.